The number of nitrogen functional groups attached to an aromatic ring is 1. The van der Waals surface area contributed by atoms with Gasteiger partial charge in [0.2, 0.25) is 5.95 Å². The molecule has 2 aromatic heterocycles. The molecule has 0 fully saturated rings. The first kappa shape index (κ1) is 12.2. The van der Waals surface area contributed by atoms with Gasteiger partial charge in [0, 0.05) is 6.20 Å². The number of rotatable bonds is 3. The van der Waals surface area contributed by atoms with Crippen molar-refractivity contribution in [3.05, 3.63) is 24.3 Å². The highest BCUT2D eigenvalue weighted by Crippen LogP contribution is 2.20. The highest BCUT2D eigenvalue weighted by atomic mass is 19.1. The van der Waals surface area contributed by atoms with Gasteiger partial charge in [0.1, 0.15) is 0 Å². The minimum absolute atomic E-state index is 0.0214. The first-order valence-electron chi connectivity index (χ1n) is 5.34. The SMILES string of the molecule is CC(C)Oc1nc(N)nc(-c2ccncc2F)n1. The summed E-state index contributed by atoms with van der Waals surface area (Å²) in [5.74, 6) is -0.427. The lowest BCUT2D eigenvalue weighted by atomic mass is 10.2. The van der Waals surface area contributed by atoms with E-state index >= 15 is 0 Å². The van der Waals surface area contributed by atoms with E-state index in [1.165, 1.54) is 12.3 Å². The summed E-state index contributed by atoms with van der Waals surface area (Å²) in [5, 5.41) is 0. The number of ether oxygens (including phenoxy) is 1. The summed E-state index contributed by atoms with van der Waals surface area (Å²) in [4.78, 5) is 15.4. The molecule has 0 aliphatic heterocycles. The zero-order valence-electron chi connectivity index (χ0n) is 9.96. The Hall–Kier alpha value is -2.31. The van der Waals surface area contributed by atoms with E-state index in [0.29, 0.717) is 0 Å². The van der Waals surface area contributed by atoms with Crippen LogP contribution >= 0.6 is 0 Å². The maximum Gasteiger partial charge on any atom is 0.322 e. The second-order valence-electron chi connectivity index (χ2n) is 3.82. The minimum Gasteiger partial charge on any atom is -0.461 e. The van der Waals surface area contributed by atoms with Crippen LogP contribution in [0.3, 0.4) is 0 Å². The molecule has 6 nitrogen and oxygen atoms in total. The number of nitrogens with two attached hydrogens (primary N) is 1. The summed E-state index contributed by atoms with van der Waals surface area (Å²) >= 11 is 0. The number of halogens is 1. The van der Waals surface area contributed by atoms with Crippen LogP contribution in [0.1, 0.15) is 13.8 Å². The largest absolute Gasteiger partial charge is 0.461 e. The number of pyridine rings is 1. The summed E-state index contributed by atoms with van der Waals surface area (Å²) in [5.41, 5.74) is 5.74. The van der Waals surface area contributed by atoms with Crippen molar-refractivity contribution < 1.29 is 9.13 Å². The second-order valence-corrected chi connectivity index (χ2v) is 3.82. The third-order valence-electron chi connectivity index (χ3n) is 1.99. The second kappa shape index (κ2) is 4.91. The van der Waals surface area contributed by atoms with Gasteiger partial charge >= 0.3 is 6.01 Å². The molecule has 0 aromatic carbocycles. The van der Waals surface area contributed by atoms with Crippen LogP contribution in [0.25, 0.3) is 11.4 Å². The molecule has 0 aliphatic carbocycles. The molecule has 0 amide bonds. The van der Waals surface area contributed by atoms with Crippen LogP contribution < -0.4 is 10.5 Å². The van der Waals surface area contributed by atoms with E-state index in [4.69, 9.17) is 10.5 Å². The van der Waals surface area contributed by atoms with Gasteiger partial charge in [-0.15, -0.1) is 0 Å². The van der Waals surface area contributed by atoms with Crippen molar-refractivity contribution in [2.24, 2.45) is 0 Å². The fraction of sp³-hybridized carbons (Fsp3) is 0.273. The van der Waals surface area contributed by atoms with Gasteiger partial charge in [0.25, 0.3) is 0 Å². The number of aromatic nitrogens is 4. The molecule has 18 heavy (non-hydrogen) atoms. The van der Waals surface area contributed by atoms with Crippen molar-refractivity contribution in [3.8, 4) is 17.4 Å². The van der Waals surface area contributed by atoms with E-state index in [9.17, 15) is 4.39 Å². The van der Waals surface area contributed by atoms with Crippen LogP contribution in [0.2, 0.25) is 0 Å². The van der Waals surface area contributed by atoms with Gasteiger partial charge in [-0.05, 0) is 19.9 Å². The average molecular weight is 249 g/mol. The molecule has 0 radical (unpaired) electrons. The van der Waals surface area contributed by atoms with Crippen molar-refractivity contribution in [1.82, 2.24) is 19.9 Å². The molecule has 0 bridgehead atoms. The van der Waals surface area contributed by atoms with Crippen molar-refractivity contribution in [3.63, 3.8) is 0 Å². The summed E-state index contributed by atoms with van der Waals surface area (Å²) in [6.45, 7) is 3.65. The van der Waals surface area contributed by atoms with Gasteiger partial charge < -0.3 is 10.5 Å². The topological polar surface area (TPSA) is 86.8 Å². The van der Waals surface area contributed by atoms with Gasteiger partial charge in [0.05, 0.1) is 17.9 Å². The lowest BCUT2D eigenvalue weighted by molar-refractivity contribution is 0.222. The Labute approximate surface area is 103 Å². The Bertz CT molecular complexity index is 561. The molecule has 2 rings (SSSR count). The normalized spacial score (nSPS) is 10.7. The molecule has 7 heteroatoms. The van der Waals surface area contributed by atoms with E-state index in [2.05, 4.69) is 19.9 Å². The standard InChI is InChI=1S/C11H12FN5O/c1-6(2)18-11-16-9(15-10(13)17-11)7-3-4-14-5-8(7)12/h3-6H,1-2H3,(H2,13,15,16,17). The van der Waals surface area contributed by atoms with Gasteiger partial charge in [-0.3, -0.25) is 4.98 Å². The maximum absolute atomic E-state index is 13.6. The highest BCUT2D eigenvalue weighted by Gasteiger charge is 2.12. The predicted molar refractivity (Wildman–Crippen MR) is 63.2 cm³/mol. The first-order valence-corrected chi connectivity index (χ1v) is 5.34. The molecule has 0 spiro atoms. The molecular weight excluding hydrogens is 237 g/mol. The van der Waals surface area contributed by atoms with Crippen LogP contribution in [-0.4, -0.2) is 26.0 Å². The fourth-order valence-corrected chi connectivity index (χ4v) is 1.31. The van der Waals surface area contributed by atoms with E-state index in [1.54, 1.807) is 0 Å². The molecule has 2 aromatic rings. The van der Waals surface area contributed by atoms with Crippen LogP contribution in [0.4, 0.5) is 10.3 Å². The monoisotopic (exact) mass is 249 g/mol. The molecular formula is C11H12FN5O. The molecule has 0 saturated heterocycles. The number of nitrogens with zero attached hydrogens (tertiary/aromatic N) is 4. The lowest BCUT2D eigenvalue weighted by Gasteiger charge is -2.09. The number of anilines is 1. The van der Waals surface area contributed by atoms with Crippen molar-refractivity contribution >= 4 is 5.95 Å². The molecule has 0 aliphatic rings. The predicted octanol–water partition coefficient (Wildman–Crippen LogP) is 1.44. The first-order chi connectivity index (χ1) is 8.56. The Morgan fingerprint density at radius 2 is 2.06 bits per heavy atom. The van der Waals surface area contributed by atoms with Crippen molar-refractivity contribution in [2.75, 3.05) is 5.73 Å². The van der Waals surface area contributed by atoms with Gasteiger partial charge in [-0.2, -0.15) is 15.0 Å². The van der Waals surface area contributed by atoms with Gasteiger partial charge in [0.15, 0.2) is 11.6 Å². The molecule has 94 valence electrons. The molecule has 0 unspecified atom stereocenters. The fourth-order valence-electron chi connectivity index (χ4n) is 1.31. The average Bonchev–Trinajstić information content (AvgIpc) is 2.27. The van der Waals surface area contributed by atoms with Gasteiger partial charge in [-0.1, -0.05) is 0 Å². The van der Waals surface area contributed by atoms with E-state index in [1.807, 2.05) is 13.8 Å². The third kappa shape index (κ3) is 2.68. The van der Waals surface area contributed by atoms with Crippen LogP contribution in [0, 0.1) is 5.82 Å². The summed E-state index contributed by atoms with van der Waals surface area (Å²) < 4.78 is 18.9. The van der Waals surface area contributed by atoms with Crippen molar-refractivity contribution in [2.45, 2.75) is 20.0 Å². The summed E-state index contributed by atoms with van der Waals surface area (Å²) in [7, 11) is 0. The number of hydrogen-bond acceptors (Lipinski definition) is 6. The van der Waals surface area contributed by atoms with Crippen LogP contribution in [-0.2, 0) is 0 Å². The Morgan fingerprint density at radius 1 is 1.28 bits per heavy atom. The lowest BCUT2D eigenvalue weighted by Crippen LogP contribution is -2.11. The van der Waals surface area contributed by atoms with Crippen molar-refractivity contribution in [1.29, 1.82) is 0 Å². The van der Waals surface area contributed by atoms with E-state index in [-0.39, 0.29) is 29.5 Å². The summed E-state index contributed by atoms with van der Waals surface area (Å²) in [6.07, 6.45) is 2.42. The smallest absolute Gasteiger partial charge is 0.322 e. The van der Waals surface area contributed by atoms with Gasteiger partial charge in [-0.25, -0.2) is 4.39 Å². The Morgan fingerprint density at radius 3 is 2.72 bits per heavy atom. The Kier molecular flexibility index (Phi) is 3.31. The van der Waals surface area contributed by atoms with E-state index in [0.717, 1.165) is 6.20 Å². The molecule has 0 atom stereocenters. The minimum atomic E-state index is -0.529. The zero-order valence-corrected chi connectivity index (χ0v) is 9.96. The van der Waals surface area contributed by atoms with E-state index < -0.39 is 5.82 Å². The van der Waals surface area contributed by atoms with Crippen LogP contribution in [0.5, 0.6) is 6.01 Å². The zero-order chi connectivity index (χ0) is 13.1. The Balaban J connectivity index is 2.45. The summed E-state index contributed by atoms with van der Waals surface area (Å²) in [6, 6.07) is 1.53. The number of hydrogen-bond donors (Lipinski definition) is 1. The van der Waals surface area contributed by atoms with Crippen LogP contribution in [0.15, 0.2) is 18.5 Å². The molecule has 2 heterocycles. The maximum atomic E-state index is 13.6. The molecule has 0 saturated carbocycles. The highest BCUT2D eigenvalue weighted by molar-refractivity contribution is 5.56. The quantitative estimate of drug-likeness (QED) is 0.885. The third-order valence-corrected chi connectivity index (χ3v) is 1.99. The molecule has 2 N–H and O–H groups in total.